The third kappa shape index (κ3) is 7.75. The van der Waals surface area contributed by atoms with E-state index in [2.05, 4.69) is 13.2 Å². The molecule has 5 nitrogen and oxygen atoms in total. The van der Waals surface area contributed by atoms with Gasteiger partial charge in [0, 0.05) is 11.1 Å². The highest BCUT2D eigenvalue weighted by Gasteiger charge is 2.24. The van der Waals surface area contributed by atoms with Crippen LogP contribution in [0.3, 0.4) is 0 Å². The van der Waals surface area contributed by atoms with Crippen LogP contribution in [-0.2, 0) is 19.1 Å². The highest BCUT2D eigenvalue weighted by atomic mass is 16.6. The number of esters is 1. The minimum absolute atomic E-state index is 0.142. The Morgan fingerprint density at radius 2 is 1.81 bits per heavy atom. The van der Waals surface area contributed by atoms with Gasteiger partial charge in [-0.05, 0) is 13.8 Å². The van der Waals surface area contributed by atoms with Crippen LogP contribution in [0.25, 0.3) is 0 Å². The SMILES string of the molecule is C=C(C)C(=O)O.C=C(C)C(=O)OC[C@H]1CO1. The second-order valence-electron chi connectivity index (χ2n) is 3.42. The molecule has 90 valence electrons. The largest absolute Gasteiger partial charge is 0.478 e. The van der Waals surface area contributed by atoms with Crippen LogP contribution < -0.4 is 0 Å². The summed E-state index contributed by atoms with van der Waals surface area (Å²) in [6.07, 6.45) is 0.142. The van der Waals surface area contributed by atoms with Crippen molar-refractivity contribution >= 4 is 11.9 Å². The highest BCUT2D eigenvalue weighted by molar-refractivity contribution is 5.86. The fourth-order valence-electron chi connectivity index (χ4n) is 0.456. The molecule has 0 bridgehead atoms. The third-order valence-corrected chi connectivity index (χ3v) is 1.52. The van der Waals surface area contributed by atoms with Gasteiger partial charge in [0.05, 0.1) is 6.61 Å². The smallest absolute Gasteiger partial charge is 0.333 e. The Balaban J connectivity index is 0.000000325. The molecule has 0 saturated carbocycles. The van der Waals surface area contributed by atoms with Gasteiger partial charge in [0.2, 0.25) is 0 Å². The second-order valence-corrected chi connectivity index (χ2v) is 3.42. The zero-order valence-corrected chi connectivity index (χ0v) is 9.49. The fraction of sp³-hybridized carbons (Fsp3) is 0.455. The summed E-state index contributed by atoms with van der Waals surface area (Å²) in [5.74, 6) is -1.27. The molecular weight excluding hydrogens is 212 g/mol. The van der Waals surface area contributed by atoms with Crippen LogP contribution >= 0.6 is 0 Å². The lowest BCUT2D eigenvalue weighted by Crippen LogP contribution is -2.09. The quantitative estimate of drug-likeness (QED) is 0.444. The third-order valence-electron chi connectivity index (χ3n) is 1.52. The molecule has 1 N–H and O–H groups in total. The van der Waals surface area contributed by atoms with Gasteiger partial charge in [0.15, 0.2) is 0 Å². The Morgan fingerprint density at radius 1 is 1.38 bits per heavy atom. The Kier molecular flexibility index (Phi) is 6.10. The molecule has 0 aromatic heterocycles. The number of carbonyl (C=O) groups excluding carboxylic acids is 1. The van der Waals surface area contributed by atoms with Crippen LogP contribution in [0.2, 0.25) is 0 Å². The van der Waals surface area contributed by atoms with E-state index in [0.717, 1.165) is 0 Å². The van der Waals surface area contributed by atoms with Crippen LogP contribution in [-0.4, -0.2) is 36.4 Å². The number of epoxide rings is 1. The average Bonchev–Trinajstić information content (AvgIpc) is 2.98. The molecule has 0 unspecified atom stereocenters. The monoisotopic (exact) mass is 228 g/mol. The van der Waals surface area contributed by atoms with E-state index in [1.165, 1.54) is 6.92 Å². The number of ether oxygens (including phenoxy) is 2. The summed E-state index contributed by atoms with van der Waals surface area (Å²) < 4.78 is 9.60. The predicted octanol–water partition coefficient (Wildman–Crippen LogP) is 1.15. The van der Waals surface area contributed by atoms with Gasteiger partial charge in [0.1, 0.15) is 12.7 Å². The van der Waals surface area contributed by atoms with Gasteiger partial charge in [0.25, 0.3) is 0 Å². The lowest BCUT2D eigenvalue weighted by Gasteiger charge is -1.99. The molecule has 0 aromatic rings. The number of hydrogen-bond acceptors (Lipinski definition) is 4. The van der Waals surface area contributed by atoms with Gasteiger partial charge < -0.3 is 14.6 Å². The summed E-state index contributed by atoms with van der Waals surface area (Å²) >= 11 is 0. The molecular formula is C11H16O5. The molecule has 0 aliphatic carbocycles. The maximum absolute atomic E-state index is 10.7. The fourth-order valence-corrected chi connectivity index (χ4v) is 0.456. The topological polar surface area (TPSA) is 76.1 Å². The normalized spacial score (nSPS) is 16.5. The predicted molar refractivity (Wildman–Crippen MR) is 58.0 cm³/mol. The summed E-state index contributed by atoms with van der Waals surface area (Å²) in [4.78, 5) is 20.3. The van der Waals surface area contributed by atoms with Crippen molar-refractivity contribution in [3.63, 3.8) is 0 Å². The lowest BCUT2D eigenvalue weighted by atomic mass is 10.4. The van der Waals surface area contributed by atoms with E-state index < -0.39 is 5.97 Å². The molecule has 1 rings (SSSR count). The van der Waals surface area contributed by atoms with Crippen LogP contribution in [0.5, 0.6) is 0 Å². The van der Waals surface area contributed by atoms with Crippen molar-refractivity contribution in [3.05, 3.63) is 24.3 Å². The van der Waals surface area contributed by atoms with Crippen molar-refractivity contribution in [2.75, 3.05) is 13.2 Å². The maximum atomic E-state index is 10.7. The molecule has 5 heteroatoms. The molecule has 1 heterocycles. The number of hydrogen-bond donors (Lipinski definition) is 1. The first kappa shape index (κ1) is 14.4. The number of carboxylic acid groups (broad SMARTS) is 1. The number of carboxylic acids is 1. The molecule has 0 spiro atoms. The van der Waals surface area contributed by atoms with Gasteiger partial charge >= 0.3 is 11.9 Å². The molecule has 0 amide bonds. The number of aliphatic carboxylic acids is 1. The zero-order valence-electron chi connectivity index (χ0n) is 9.49. The van der Waals surface area contributed by atoms with Crippen molar-refractivity contribution in [1.29, 1.82) is 0 Å². The first-order valence-electron chi connectivity index (χ1n) is 4.67. The second kappa shape index (κ2) is 6.79. The van der Waals surface area contributed by atoms with Gasteiger partial charge in [-0.25, -0.2) is 9.59 Å². The van der Waals surface area contributed by atoms with Crippen LogP contribution in [0, 0.1) is 0 Å². The van der Waals surface area contributed by atoms with E-state index in [1.54, 1.807) is 6.92 Å². The number of rotatable bonds is 4. The molecule has 1 aliphatic heterocycles. The van der Waals surface area contributed by atoms with Crippen LogP contribution in [0.4, 0.5) is 0 Å². The van der Waals surface area contributed by atoms with Gasteiger partial charge in [-0.15, -0.1) is 0 Å². The summed E-state index contributed by atoms with van der Waals surface area (Å²) in [7, 11) is 0. The van der Waals surface area contributed by atoms with Crippen molar-refractivity contribution in [2.45, 2.75) is 20.0 Å². The van der Waals surface area contributed by atoms with E-state index in [9.17, 15) is 9.59 Å². The van der Waals surface area contributed by atoms with Crippen molar-refractivity contribution in [2.24, 2.45) is 0 Å². The summed E-state index contributed by atoms with van der Waals surface area (Å²) in [5.41, 5.74) is 0.607. The zero-order chi connectivity index (χ0) is 12.7. The number of carbonyl (C=O) groups is 2. The maximum Gasteiger partial charge on any atom is 0.333 e. The molecule has 0 aromatic carbocycles. The minimum atomic E-state index is -0.935. The van der Waals surface area contributed by atoms with E-state index >= 15 is 0 Å². The molecule has 0 radical (unpaired) electrons. The Hall–Kier alpha value is -1.62. The Labute approximate surface area is 94.4 Å². The first-order valence-corrected chi connectivity index (χ1v) is 4.67. The molecule has 1 fully saturated rings. The van der Waals surface area contributed by atoms with E-state index in [-0.39, 0.29) is 17.6 Å². The van der Waals surface area contributed by atoms with Crippen molar-refractivity contribution in [3.8, 4) is 0 Å². The van der Waals surface area contributed by atoms with Gasteiger partial charge in [-0.2, -0.15) is 0 Å². The lowest BCUT2D eigenvalue weighted by molar-refractivity contribution is -0.139. The average molecular weight is 228 g/mol. The van der Waals surface area contributed by atoms with E-state index in [4.69, 9.17) is 14.6 Å². The van der Waals surface area contributed by atoms with Crippen molar-refractivity contribution < 1.29 is 24.2 Å². The molecule has 1 saturated heterocycles. The van der Waals surface area contributed by atoms with Crippen LogP contribution in [0.1, 0.15) is 13.8 Å². The minimum Gasteiger partial charge on any atom is -0.478 e. The van der Waals surface area contributed by atoms with Gasteiger partial charge in [-0.3, -0.25) is 0 Å². The Morgan fingerprint density at radius 3 is 2.06 bits per heavy atom. The molecule has 1 aliphatic rings. The molecule has 16 heavy (non-hydrogen) atoms. The highest BCUT2D eigenvalue weighted by Crippen LogP contribution is 2.09. The van der Waals surface area contributed by atoms with Crippen LogP contribution in [0.15, 0.2) is 24.3 Å². The first-order chi connectivity index (χ1) is 7.34. The summed E-state index contributed by atoms with van der Waals surface area (Å²) in [6.45, 7) is 10.7. The summed E-state index contributed by atoms with van der Waals surface area (Å²) in [6, 6.07) is 0. The molecule has 1 atom stereocenters. The Bertz CT molecular complexity index is 289. The van der Waals surface area contributed by atoms with Crippen molar-refractivity contribution in [1.82, 2.24) is 0 Å². The van der Waals surface area contributed by atoms with E-state index in [1.807, 2.05) is 0 Å². The van der Waals surface area contributed by atoms with Gasteiger partial charge in [-0.1, -0.05) is 13.2 Å². The summed E-state index contributed by atoms with van der Waals surface area (Å²) in [5, 5.41) is 7.89. The van der Waals surface area contributed by atoms with E-state index in [0.29, 0.717) is 18.8 Å². The standard InChI is InChI=1S/C7H10O3.C4H6O2/c1-5(2)7(8)10-4-6-3-9-6;1-3(2)4(5)6/h6H,1,3-4H2,2H3;1H2,2H3,(H,5,6)/t6-;/m1./s1.